The molecule has 1 aromatic rings. The van der Waals surface area contributed by atoms with E-state index in [2.05, 4.69) is 20.9 Å². The van der Waals surface area contributed by atoms with Crippen LogP contribution in [0.2, 0.25) is 0 Å². The van der Waals surface area contributed by atoms with E-state index < -0.39 is 0 Å². The number of ketones is 1. The Morgan fingerprint density at radius 2 is 2.25 bits per heavy atom. The average Bonchev–Trinajstić information content (AvgIpc) is 2.58. The summed E-state index contributed by atoms with van der Waals surface area (Å²) in [6, 6.07) is 1.63. The molecule has 84 valence electrons. The Morgan fingerprint density at radius 3 is 2.81 bits per heavy atom. The molecule has 0 bridgehead atoms. The lowest BCUT2D eigenvalue weighted by molar-refractivity contribution is -0.121. The van der Waals surface area contributed by atoms with Gasteiger partial charge in [-0.2, -0.15) is 0 Å². The number of methoxy groups -OCH3 is 1. The molecule has 0 N–H and O–H groups in total. The number of Topliss-reactive ketones (excluding diaryl/α,β-unsaturated/α-hetero) is 1. The smallest absolute Gasteiger partial charge is 0.234 e. The summed E-state index contributed by atoms with van der Waals surface area (Å²) in [5, 5.41) is 0. The van der Waals surface area contributed by atoms with Crippen molar-refractivity contribution in [2.24, 2.45) is 0 Å². The fourth-order valence-electron chi connectivity index (χ4n) is 1.53. The number of rotatable bonds is 2. The quantitative estimate of drug-likeness (QED) is 0.765. The summed E-state index contributed by atoms with van der Waals surface area (Å²) in [7, 11) is 1.50. The zero-order valence-corrected chi connectivity index (χ0v) is 10.2. The van der Waals surface area contributed by atoms with Crippen molar-refractivity contribution >= 4 is 33.3 Å². The van der Waals surface area contributed by atoms with Crippen LogP contribution in [0.1, 0.15) is 6.42 Å². The normalized spacial score (nSPS) is 15.8. The number of hydrogen-bond acceptors (Lipinski definition) is 4. The molecule has 0 aromatic carbocycles. The lowest BCUT2D eigenvalue weighted by Gasteiger charge is -2.16. The number of hydrogen-bond donors (Lipinski definition) is 0. The minimum Gasteiger partial charge on any atom is -0.481 e. The number of halogens is 1. The van der Waals surface area contributed by atoms with Crippen LogP contribution >= 0.6 is 15.9 Å². The third kappa shape index (κ3) is 1.92. The van der Waals surface area contributed by atoms with E-state index in [-0.39, 0.29) is 24.7 Å². The maximum absolute atomic E-state index is 11.6. The number of amides is 1. The van der Waals surface area contributed by atoms with Gasteiger partial charge in [0.15, 0.2) is 5.78 Å². The predicted octanol–water partition coefficient (Wildman–Crippen LogP) is 1.16. The van der Waals surface area contributed by atoms with Gasteiger partial charge in [0.05, 0.1) is 30.2 Å². The van der Waals surface area contributed by atoms with E-state index in [0.29, 0.717) is 16.0 Å². The Morgan fingerprint density at radius 1 is 1.50 bits per heavy atom. The van der Waals surface area contributed by atoms with Gasteiger partial charge in [0.2, 0.25) is 11.8 Å². The van der Waals surface area contributed by atoms with Crippen LogP contribution in [0.4, 0.5) is 5.69 Å². The molecule has 2 heterocycles. The standard InChI is InChI=1S/C10H9BrN2O3/c1-16-9-3-8(7(11)4-12-9)13-5-6(14)2-10(13)15/h3-4H,2,5H2,1H3. The van der Waals surface area contributed by atoms with Crippen LogP contribution in [0, 0.1) is 0 Å². The Balaban J connectivity index is 2.39. The molecule has 1 aromatic heterocycles. The van der Waals surface area contributed by atoms with Crippen LogP contribution in [0.15, 0.2) is 16.7 Å². The number of carbonyl (C=O) groups excluding carboxylic acids is 2. The van der Waals surface area contributed by atoms with E-state index in [0.717, 1.165) is 0 Å². The molecule has 0 aliphatic carbocycles. The van der Waals surface area contributed by atoms with Crippen molar-refractivity contribution in [2.75, 3.05) is 18.6 Å². The molecule has 0 saturated carbocycles. The number of carbonyl (C=O) groups is 2. The summed E-state index contributed by atoms with van der Waals surface area (Å²) >= 11 is 3.29. The highest BCUT2D eigenvalue weighted by Gasteiger charge is 2.30. The fraction of sp³-hybridized carbons (Fsp3) is 0.300. The van der Waals surface area contributed by atoms with Gasteiger partial charge in [-0.05, 0) is 15.9 Å². The van der Waals surface area contributed by atoms with Crippen molar-refractivity contribution in [3.63, 3.8) is 0 Å². The lowest BCUT2D eigenvalue weighted by atomic mass is 10.3. The van der Waals surface area contributed by atoms with Crippen molar-refractivity contribution in [1.82, 2.24) is 4.98 Å². The van der Waals surface area contributed by atoms with Gasteiger partial charge in [-0.15, -0.1) is 0 Å². The molecule has 0 spiro atoms. The van der Waals surface area contributed by atoms with Crippen LogP contribution < -0.4 is 9.64 Å². The lowest BCUT2D eigenvalue weighted by Crippen LogP contribution is -2.25. The molecule has 1 aliphatic heterocycles. The first-order valence-corrected chi connectivity index (χ1v) is 5.42. The summed E-state index contributed by atoms with van der Waals surface area (Å²) in [4.78, 5) is 28.1. The Labute approximate surface area is 101 Å². The van der Waals surface area contributed by atoms with Crippen molar-refractivity contribution in [3.8, 4) is 5.88 Å². The summed E-state index contributed by atoms with van der Waals surface area (Å²) in [6.07, 6.45) is 1.52. The van der Waals surface area contributed by atoms with Crippen molar-refractivity contribution in [1.29, 1.82) is 0 Å². The molecular formula is C10H9BrN2O3. The molecule has 0 atom stereocenters. The minimum absolute atomic E-state index is 0.0307. The number of pyridine rings is 1. The van der Waals surface area contributed by atoms with Crippen molar-refractivity contribution in [2.45, 2.75) is 6.42 Å². The highest BCUT2D eigenvalue weighted by atomic mass is 79.9. The second-order valence-corrected chi connectivity index (χ2v) is 4.23. The van der Waals surface area contributed by atoms with E-state index in [1.54, 1.807) is 12.3 Å². The number of aromatic nitrogens is 1. The number of ether oxygens (including phenoxy) is 1. The summed E-state index contributed by atoms with van der Waals surface area (Å²) in [5.41, 5.74) is 0.614. The largest absolute Gasteiger partial charge is 0.481 e. The van der Waals surface area contributed by atoms with E-state index in [1.807, 2.05) is 0 Å². The highest BCUT2D eigenvalue weighted by molar-refractivity contribution is 9.10. The first-order chi connectivity index (χ1) is 7.61. The van der Waals surface area contributed by atoms with Gasteiger partial charge in [0, 0.05) is 12.3 Å². The van der Waals surface area contributed by atoms with Gasteiger partial charge in [0.25, 0.3) is 0 Å². The molecule has 0 unspecified atom stereocenters. The molecule has 0 radical (unpaired) electrons. The van der Waals surface area contributed by atoms with E-state index in [1.165, 1.54) is 12.0 Å². The average molecular weight is 285 g/mol. The molecule has 2 rings (SSSR count). The first-order valence-electron chi connectivity index (χ1n) is 4.63. The van der Waals surface area contributed by atoms with Crippen LogP contribution in [-0.2, 0) is 9.59 Å². The third-order valence-electron chi connectivity index (χ3n) is 2.29. The number of nitrogens with zero attached hydrogens (tertiary/aromatic N) is 2. The Kier molecular flexibility index (Phi) is 2.91. The molecule has 1 amide bonds. The van der Waals surface area contributed by atoms with Crippen LogP contribution in [-0.4, -0.2) is 30.3 Å². The predicted molar refractivity (Wildman–Crippen MR) is 60.5 cm³/mol. The zero-order chi connectivity index (χ0) is 11.7. The van der Waals surface area contributed by atoms with Gasteiger partial charge >= 0.3 is 0 Å². The number of anilines is 1. The fourth-order valence-corrected chi connectivity index (χ4v) is 1.96. The van der Waals surface area contributed by atoms with Crippen LogP contribution in [0.5, 0.6) is 5.88 Å². The zero-order valence-electron chi connectivity index (χ0n) is 8.57. The summed E-state index contributed by atoms with van der Waals surface area (Å²) in [6.45, 7) is 0.116. The van der Waals surface area contributed by atoms with Gasteiger partial charge in [-0.25, -0.2) is 4.98 Å². The SMILES string of the molecule is COc1cc(N2CC(=O)CC2=O)c(Br)cn1. The monoisotopic (exact) mass is 284 g/mol. The highest BCUT2D eigenvalue weighted by Crippen LogP contribution is 2.30. The third-order valence-corrected chi connectivity index (χ3v) is 2.90. The van der Waals surface area contributed by atoms with Gasteiger partial charge in [-0.3, -0.25) is 9.59 Å². The van der Waals surface area contributed by atoms with E-state index >= 15 is 0 Å². The second kappa shape index (κ2) is 4.21. The second-order valence-electron chi connectivity index (χ2n) is 3.37. The van der Waals surface area contributed by atoms with Crippen LogP contribution in [0.25, 0.3) is 0 Å². The molecule has 1 aliphatic rings. The van der Waals surface area contributed by atoms with Gasteiger partial charge < -0.3 is 9.64 Å². The summed E-state index contributed by atoms with van der Waals surface area (Å²) < 4.78 is 5.64. The molecule has 16 heavy (non-hydrogen) atoms. The van der Waals surface area contributed by atoms with E-state index in [4.69, 9.17) is 4.74 Å². The van der Waals surface area contributed by atoms with E-state index in [9.17, 15) is 9.59 Å². The molecule has 1 saturated heterocycles. The van der Waals surface area contributed by atoms with Crippen molar-refractivity contribution < 1.29 is 14.3 Å². The Hall–Kier alpha value is -1.43. The summed E-state index contributed by atoms with van der Waals surface area (Å²) in [5.74, 6) is 0.136. The van der Waals surface area contributed by atoms with Gasteiger partial charge in [0.1, 0.15) is 0 Å². The van der Waals surface area contributed by atoms with Gasteiger partial charge in [-0.1, -0.05) is 0 Å². The first kappa shape index (κ1) is 11.1. The molecule has 6 heteroatoms. The maximum atomic E-state index is 11.6. The van der Waals surface area contributed by atoms with Crippen molar-refractivity contribution in [3.05, 3.63) is 16.7 Å². The molecular weight excluding hydrogens is 276 g/mol. The minimum atomic E-state index is -0.195. The molecule has 5 nitrogen and oxygen atoms in total. The molecule has 1 fully saturated rings. The maximum Gasteiger partial charge on any atom is 0.234 e. The Bertz CT molecular complexity index is 461. The topological polar surface area (TPSA) is 59.5 Å². The van der Waals surface area contributed by atoms with Crippen LogP contribution in [0.3, 0.4) is 0 Å².